The number of hydrogen-bond acceptors (Lipinski definition) is 1. The normalized spacial score (nSPS) is 9.00. The second-order valence-corrected chi connectivity index (χ2v) is 3.12. The first-order chi connectivity index (χ1) is 5.91. The van der Waals surface area contributed by atoms with Gasteiger partial charge in [0, 0.05) is 0 Å². The highest BCUT2D eigenvalue weighted by molar-refractivity contribution is 6.04. The molecule has 1 nitrogen and oxygen atoms in total. The second kappa shape index (κ2) is 17.4. The molecule has 0 amide bonds. The first kappa shape index (κ1) is 14.8. The fourth-order valence-electron chi connectivity index (χ4n) is 1.21. The van der Waals surface area contributed by atoms with Gasteiger partial charge in [0.1, 0.15) is 0 Å². The van der Waals surface area contributed by atoms with Crippen LogP contribution in [0.15, 0.2) is 0 Å². The highest BCUT2D eigenvalue weighted by Crippen LogP contribution is 2.07. The molecule has 0 rings (SSSR count). The SMILES string of the molecule is CCCCCCCCCC.OCl. The topological polar surface area (TPSA) is 20.2 Å². The largest absolute Gasteiger partial charge is 0.295 e. The van der Waals surface area contributed by atoms with Crippen molar-refractivity contribution in [3.05, 3.63) is 0 Å². The minimum absolute atomic E-state index is 1.37. The lowest BCUT2D eigenvalue weighted by molar-refractivity contribution is 0.585. The number of halogens is 1. The molecule has 76 valence electrons. The van der Waals surface area contributed by atoms with Crippen molar-refractivity contribution >= 4 is 11.9 Å². The van der Waals surface area contributed by atoms with E-state index in [-0.39, 0.29) is 0 Å². The summed E-state index contributed by atoms with van der Waals surface area (Å²) in [7, 11) is 0. The molecule has 0 radical (unpaired) electrons. The van der Waals surface area contributed by atoms with Crippen molar-refractivity contribution in [2.75, 3.05) is 0 Å². The number of rotatable bonds is 7. The van der Waals surface area contributed by atoms with E-state index in [1.807, 2.05) is 0 Å². The van der Waals surface area contributed by atoms with E-state index in [0.717, 1.165) is 0 Å². The van der Waals surface area contributed by atoms with Crippen molar-refractivity contribution in [2.45, 2.75) is 65.2 Å². The van der Waals surface area contributed by atoms with Crippen LogP contribution in [0.1, 0.15) is 65.2 Å². The monoisotopic (exact) mass is 194 g/mol. The van der Waals surface area contributed by atoms with Crippen LogP contribution in [0.3, 0.4) is 0 Å². The lowest BCUT2D eigenvalue weighted by Gasteiger charge is -1.97. The van der Waals surface area contributed by atoms with E-state index in [4.69, 9.17) is 4.66 Å². The molecular weight excluding hydrogens is 172 g/mol. The molecule has 0 atom stereocenters. The van der Waals surface area contributed by atoms with Gasteiger partial charge in [0.2, 0.25) is 0 Å². The molecule has 0 fully saturated rings. The Morgan fingerprint density at radius 3 is 1.17 bits per heavy atom. The van der Waals surface area contributed by atoms with Crippen LogP contribution in [0.5, 0.6) is 0 Å². The van der Waals surface area contributed by atoms with Crippen LogP contribution in [-0.4, -0.2) is 4.66 Å². The van der Waals surface area contributed by atoms with E-state index >= 15 is 0 Å². The molecule has 0 aliphatic carbocycles. The zero-order chi connectivity index (χ0) is 9.66. The van der Waals surface area contributed by atoms with Crippen molar-refractivity contribution in [1.29, 1.82) is 0 Å². The van der Waals surface area contributed by atoms with Crippen LogP contribution in [0.25, 0.3) is 0 Å². The summed E-state index contributed by atoms with van der Waals surface area (Å²) >= 11 is 3.64. The van der Waals surface area contributed by atoms with E-state index < -0.39 is 0 Å². The Hall–Kier alpha value is 0.250. The molecule has 0 aromatic heterocycles. The molecule has 0 aliphatic rings. The van der Waals surface area contributed by atoms with Crippen LogP contribution in [0, 0.1) is 0 Å². The molecule has 0 saturated carbocycles. The second-order valence-electron chi connectivity index (χ2n) is 3.12. The zero-order valence-electron chi connectivity index (χ0n) is 8.48. The summed E-state index contributed by atoms with van der Waals surface area (Å²) in [6.45, 7) is 4.54. The summed E-state index contributed by atoms with van der Waals surface area (Å²) in [5, 5.41) is 0. The average molecular weight is 195 g/mol. The third-order valence-electron chi connectivity index (χ3n) is 1.96. The molecule has 0 unspecified atom stereocenters. The average Bonchev–Trinajstić information content (AvgIpc) is 2.15. The molecule has 2 heteroatoms. The van der Waals surface area contributed by atoms with Crippen molar-refractivity contribution < 1.29 is 4.66 Å². The molecule has 0 aromatic rings. The van der Waals surface area contributed by atoms with Crippen LogP contribution in [0.2, 0.25) is 0 Å². The first-order valence-electron chi connectivity index (χ1n) is 5.08. The Morgan fingerprint density at radius 2 is 0.917 bits per heavy atom. The highest BCUT2D eigenvalue weighted by Gasteiger charge is 1.87. The van der Waals surface area contributed by atoms with E-state index in [1.165, 1.54) is 51.4 Å². The van der Waals surface area contributed by atoms with Gasteiger partial charge >= 0.3 is 0 Å². The number of hydrogen-bond donors (Lipinski definition) is 1. The fourth-order valence-corrected chi connectivity index (χ4v) is 1.21. The quantitative estimate of drug-likeness (QED) is 0.600. The minimum atomic E-state index is 1.37. The summed E-state index contributed by atoms with van der Waals surface area (Å²) in [6.07, 6.45) is 11.5. The Morgan fingerprint density at radius 1 is 0.667 bits per heavy atom. The van der Waals surface area contributed by atoms with Crippen molar-refractivity contribution in [3.63, 3.8) is 0 Å². The van der Waals surface area contributed by atoms with Crippen molar-refractivity contribution in [1.82, 2.24) is 0 Å². The Labute approximate surface area is 82.3 Å². The van der Waals surface area contributed by atoms with Crippen molar-refractivity contribution in [3.8, 4) is 0 Å². The van der Waals surface area contributed by atoms with E-state index in [0.29, 0.717) is 0 Å². The molecule has 0 heterocycles. The van der Waals surface area contributed by atoms with Gasteiger partial charge in [-0.1, -0.05) is 65.2 Å². The minimum Gasteiger partial charge on any atom is -0.295 e. The standard InChI is InChI=1S/C10H22.ClHO/c1-3-5-7-9-10-8-6-4-2;1-2/h3-10H2,1-2H3;2H. The lowest BCUT2D eigenvalue weighted by Crippen LogP contribution is -1.77. The predicted molar refractivity (Wildman–Crippen MR) is 56.4 cm³/mol. The predicted octanol–water partition coefficient (Wildman–Crippen LogP) is 4.28. The van der Waals surface area contributed by atoms with E-state index in [2.05, 4.69) is 25.7 Å². The third-order valence-corrected chi connectivity index (χ3v) is 1.96. The van der Waals surface area contributed by atoms with Crippen LogP contribution in [-0.2, 0) is 0 Å². The smallest absolute Gasteiger partial charge is 0.0579 e. The maximum Gasteiger partial charge on any atom is 0.0579 e. The molecule has 1 N–H and O–H groups in total. The van der Waals surface area contributed by atoms with E-state index in [9.17, 15) is 0 Å². The maximum atomic E-state index is 6.47. The Balaban J connectivity index is 0. The Bertz CT molecular complexity index is 49.8. The molecule has 0 aromatic carbocycles. The van der Waals surface area contributed by atoms with Gasteiger partial charge in [0.15, 0.2) is 0 Å². The lowest BCUT2D eigenvalue weighted by atomic mass is 10.1. The molecular formula is C10H23ClO. The van der Waals surface area contributed by atoms with Crippen LogP contribution < -0.4 is 0 Å². The third kappa shape index (κ3) is 16.7. The fraction of sp³-hybridized carbons (Fsp3) is 1.00. The summed E-state index contributed by atoms with van der Waals surface area (Å²) in [4.78, 5) is 0. The molecule has 0 saturated heterocycles. The maximum absolute atomic E-state index is 6.47. The first-order valence-corrected chi connectivity index (χ1v) is 5.42. The molecule has 0 bridgehead atoms. The molecule has 0 spiro atoms. The summed E-state index contributed by atoms with van der Waals surface area (Å²) in [6, 6.07) is 0. The highest BCUT2D eigenvalue weighted by atomic mass is 35.5. The van der Waals surface area contributed by atoms with Gasteiger partial charge in [-0.2, -0.15) is 0 Å². The Kier molecular flexibility index (Phi) is 21.4. The van der Waals surface area contributed by atoms with Gasteiger partial charge in [-0.25, -0.2) is 0 Å². The summed E-state index contributed by atoms with van der Waals surface area (Å²) in [5.74, 6) is 0. The molecule has 12 heavy (non-hydrogen) atoms. The van der Waals surface area contributed by atoms with Gasteiger partial charge in [-0.05, 0) is 0 Å². The van der Waals surface area contributed by atoms with Gasteiger partial charge in [-0.15, -0.1) is 0 Å². The van der Waals surface area contributed by atoms with Crippen molar-refractivity contribution in [2.24, 2.45) is 0 Å². The summed E-state index contributed by atoms with van der Waals surface area (Å²) < 4.78 is 6.47. The van der Waals surface area contributed by atoms with Gasteiger partial charge < -0.3 is 0 Å². The summed E-state index contributed by atoms with van der Waals surface area (Å²) in [5.41, 5.74) is 0. The van der Waals surface area contributed by atoms with Gasteiger partial charge in [0.25, 0.3) is 0 Å². The van der Waals surface area contributed by atoms with E-state index in [1.54, 1.807) is 0 Å². The van der Waals surface area contributed by atoms with Crippen LogP contribution in [0.4, 0.5) is 0 Å². The van der Waals surface area contributed by atoms with Crippen LogP contribution >= 0.6 is 11.9 Å². The zero-order valence-corrected chi connectivity index (χ0v) is 9.24. The molecule has 0 aliphatic heterocycles. The van der Waals surface area contributed by atoms with Gasteiger partial charge in [-0.3, -0.25) is 4.66 Å². The van der Waals surface area contributed by atoms with Gasteiger partial charge in [0.05, 0.1) is 11.9 Å². The number of unbranched alkanes of at least 4 members (excludes halogenated alkanes) is 7.